The molecule has 0 spiro atoms. The molecule has 0 bridgehead atoms. The molecule has 2 rings (SSSR count). The summed E-state index contributed by atoms with van der Waals surface area (Å²) >= 11 is 0. The first-order valence-corrected chi connectivity index (χ1v) is 11.1. The SMILES string of the molecule is CCNC(=NCC1(CC)CCC1)NCCc1ccc(S(C)(=O)=O)cc1.I. The van der Waals surface area contributed by atoms with Crippen LogP contribution in [-0.2, 0) is 16.3 Å². The number of sulfone groups is 1. The van der Waals surface area contributed by atoms with Crippen molar-refractivity contribution in [2.24, 2.45) is 10.4 Å². The highest BCUT2D eigenvalue weighted by molar-refractivity contribution is 14.0. The lowest BCUT2D eigenvalue weighted by Gasteiger charge is -2.40. The zero-order valence-corrected chi connectivity index (χ0v) is 19.2. The number of rotatable bonds is 8. The Morgan fingerprint density at radius 1 is 1.15 bits per heavy atom. The first-order valence-electron chi connectivity index (χ1n) is 9.20. The molecular weight excluding hydrogens is 461 g/mol. The molecule has 0 saturated heterocycles. The van der Waals surface area contributed by atoms with Crippen LogP contribution >= 0.6 is 24.0 Å². The van der Waals surface area contributed by atoms with Crippen molar-refractivity contribution in [3.8, 4) is 0 Å². The molecule has 1 aliphatic carbocycles. The predicted molar refractivity (Wildman–Crippen MR) is 119 cm³/mol. The molecule has 0 amide bonds. The van der Waals surface area contributed by atoms with Crippen molar-refractivity contribution in [2.75, 3.05) is 25.9 Å². The van der Waals surface area contributed by atoms with Crippen LogP contribution in [0.4, 0.5) is 0 Å². The Bertz CT molecular complexity index is 678. The minimum Gasteiger partial charge on any atom is -0.357 e. The Morgan fingerprint density at radius 3 is 2.27 bits per heavy atom. The van der Waals surface area contributed by atoms with Crippen LogP contribution in [0, 0.1) is 5.41 Å². The third-order valence-electron chi connectivity index (χ3n) is 5.14. The van der Waals surface area contributed by atoms with Gasteiger partial charge in [-0.3, -0.25) is 4.99 Å². The summed E-state index contributed by atoms with van der Waals surface area (Å²) in [6, 6.07) is 7.10. The molecular formula is C19H32IN3O2S. The molecule has 0 heterocycles. The van der Waals surface area contributed by atoms with Gasteiger partial charge in [-0.2, -0.15) is 0 Å². The molecule has 7 heteroatoms. The molecule has 1 aliphatic rings. The molecule has 148 valence electrons. The Morgan fingerprint density at radius 2 is 1.81 bits per heavy atom. The molecule has 1 aromatic carbocycles. The number of guanidine groups is 1. The summed E-state index contributed by atoms with van der Waals surface area (Å²) in [7, 11) is -3.13. The van der Waals surface area contributed by atoms with Gasteiger partial charge in [0.2, 0.25) is 0 Å². The van der Waals surface area contributed by atoms with E-state index in [9.17, 15) is 8.42 Å². The van der Waals surface area contributed by atoms with E-state index in [1.165, 1.54) is 31.9 Å². The summed E-state index contributed by atoms with van der Waals surface area (Å²) in [6.07, 6.45) is 7.17. The molecule has 0 radical (unpaired) electrons. The summed E-state index contributed by atoms with van der Waals surface area (Å²) in [4.78, 5) is 5.14. The van der Waals surface area contributed by atoms with E-state index in [0.29, 0.717) is 10.3 Å². The van der Waals surface area contributed by atoms with Crippen LogP contribution < -0.4 is 10.6 Å². The van der Waals surface area contributed by atoms with E-state index >= 15 is 0 Å². The summed E-state index contributed by atoms with van der Waals surface area (Å²) in [5.41, 5.74) is 1.53. The van der Waals surface area contributed by atoms with Crippen LogP contribution in [0.3, 0.4) is 0 Å². The number of nitrogens with zero attached hydrogens (tertiary/aromatic N) is 1. The maximum Gasteiger partial charge on any atom is 0.191 e. The summed E-state index contributed by atoms with van der Waals surface area (Å²) in [5, 5.41) is 6.68. The predicted octanol–water partition coefficient (Wildman–Crippen LogP) is 3.39. The maximum absolute atomic E-state index is 11.5. The quantitative estimate of drug-likeness (QED) is 0.331. The molecule has 26 heavy (non-hydrogen) atoms. The van der Waals surface area contributed by atoms with Crippen LogP contribution in [0.15, 0.2) is 34.2 Å². The highest BCUT2D eigenvalue weighted by Crippen LogP contribution is 2.43. The number of aliphatic imine (C=N–C) groups is 1. The van der Waals surface area contributed by atoms with Crippen LogP contribution in [-0.4, -0.2) is 40.3 Å². The average molecular weight is 493 g/mol. The van der Waals surface area contributed by atoms with Crippen LogP contribution in [0.25, 0.3) is 0 Å². The third-order valence-corrected chi connectivity index (χ3v) is 6.27. The van der Waals surface area contributed by atoms with Crippen LogP contribution in [0.1, 0.15) is 45.1 Å². The lowest BCUT2D eigenvalue weighted by molar-refractivity contribution is 0.139. The van der Waals surface area contributed by atoms with Gasteiger partial charge in [0.15, 0.2) is 15.8 Å². The minimum atomic E-state index is -3.13. The van der Waals surface area contributed by atoms with Crippen LogP contribution in [0.5, 0.6) is 0 Å². The van der Waals surface area contributed by atoms with Gasteiger partial charge in [-0.05, 0) is 55.7 Å². The fraction of sp³-hybridized carbons (Fsp3) is 0.632. The fourth-order valence-corrected chi connectivity index (χ4v) is 3.75. The molecule has 0 unspecified atom stereocenters. The molecule has 5 nitrogen and oxygen atoms in total. The molecule has 0 aromatic heterocycles. The first-order chi connectivity index (χ1) is 11.9. The van der Waals surface area contributed by atoms with Gasteiger partial charge in [-0.25, -0.2) is 8.42 Å². The van der Waals surface area contributed by atoms with E-state index < -0.39 is 9.84 Å². The average Bonchev–Trinajstić information content (AvgIpc) is 2.54. The Labute approximate surface area is 175 Å². The van der Waals surface area contributed by atoms with Crippen LogP contribution in [0.2, 0.25) is 0 Å². The third kappa shape index (κ3) is 6.72. The molecule has 2 N–H and O–H groups in total. The topological polar surface area (TPSA) is 70.6 Å². The van der Waals surface area contributed by atoms with Crippen molar-refractivity contribution in [3.05, 3.63) is 29.8 Å². The molecule has 1 aromatic rings. The monoisotopic (exact) mass is 493 g/mol. The largest absolute Gasteiger partial charge is 0.357 e. The number of hydrogen-bond acceptors (Lipinski definition) is 3. The Balaban J connectivity index is 0.00000338. The van der Waals surface area contributed by atoms with Gasteiger partial charge in [-0.15, -0.1) is 24.0 Å². The normalized spacial score (nSPS) is 16.3. The zero-order valence-electron chi connectivity index (χ0n) is 16.0. The summed E-state index contributed by atoms with van der Waals surface area (Å²) in [5.74, 6) is 0.870. The van der Waals surface area contributed by atoms with Crippen molar-refractivity contribution in [1.82, 2.24) is 10.6 Å². The van der Waals surface area contributed by atoms with Crippen molar-refractivity contribution in [1.29, 1.82) is 0 Å². The number of hydrogen-bond donors (Lipinski definition) is 2. The van der Waals surface area contributed by atoms with E-state index in [1.807, 2.05) is 12.1 Å². The van der Waals surface area contributed by atoms with Gasteiger partial charge < -0.3 is 10.6 Å². The van der Waals surface area contributed by atoms with Gasteiger partial charge >= 0.3 is 0 Å². The van der Waals surface area contributed by atoms with E-state index in [4.69, 9.17) is 4.99 Å². The van der Waals surface area contributed by atoms with Crippen molar-refractivity contribution >= 4 is 39.8 Å². The number of nitrogens with one attached hydrogen (secondary N) is 2. The van der Waals surface area contributed by atoms with Gasteiger partial charge in [0.05, 0.1) is 4.90 Å². The minimum absolute atomic E-state index is 0. The molecule has 1 saturated carbocycles. The second kappa shape index (κ2) is 10.5. The molecule has 1 fully saturated rings. The molecule has 0 atom stereocenters. The van der Waals surface area contributed by atoms with E-state index in [-0.39, 0.29) is 24.0 Å². The maximum atomic E-state index is 11.5. The van der Waals surface area contributed by atoms with Crippen molar-refractivity contribution in [3.63, 3.8) is 0 Å². The highest BCUT2D eigenvalue weighted by Gasteiger charge is 2.34. The summed E-state index contributed by atoms with van der Waals surface area (Å²) in [6.45, 7) is 6.83. The fourth-order valence-electron chi connectivity index (χ4n) is 3.12. The molecule has 0 aliphatic heterocycles. The van der Waals surface area contributed by atoms with Gasteiger partial charge in [0.1, 0.15) is 0 Å². The number of halogens is 1. The lowest BCUT2D eigenvalue weighted by atomic mass is 9.67. The van der Waals surface area contributed by atoms with E-state index in [1.54, 1.807) is 12.1 Å². The summed E-state index contributed by atoms with van der Waals surface area (Å²) < 4.78 is 23.0. The van der Waals surface area contributed by atoms with E-state index in [0.717, 1.165) is 37.6 Å². The standard InChI is InChI=1S/C19H31N3O2S.HI/c1-4-19(12-6-13-19)15-22-18(20-5-2)21-14-11-16-7-9-17(10-8-16)25(3,23)24;/h7-10H,4-6,11-15H2,1-3H3,(H2,20,21,22);1H. The second-order valence-electron chi connectivity index (χ2n) is 7.00. The van der Waals surface area contributed by atoms with Gasteiger partial charge in [0.25, 0.3) is 0 Å². The number of benzene rings is 1. The smallest absolute Gasteiger partial charge is 0.191 e. The Hall–Kier alpha value is -0.830. The van der Waals surface area contributed by atoms with Crippen molar-refractivity contribution in [2.45, 2.75) is 50.8 Å². The van der Waals surface area contributed by atoms with E-state index in [2.05, 4.69) is 24.5 Å². The first kappa shape index (κ1) is 23.2. The van der Waals surface area contributed by atoms with Crippen molar-refractivity contribution < 1.29 is 8.42 Å². The van der Waals surface area contributed by atoms with Gasteiger partial charge in [-0.1, -0.05) is 25.5 Å². The van der Waals surface area contributed by atoms with Gasteiger partial charge in [0, 0.05) is 25.9 Å². The Kier molecular flexibility index (Phi) is 9.36. The second-order valence-corrected chi connectivity index (χ2v) is 9.01. The highest BCUT2D eigenvalue weighted by atomic mass is 127. The lowest BCUT2D eigenvalue weighted by Crippen LogP contribution is -2.40. The zero-order chi connectivity index (χ0) is 18.3.